The van der Waals surface area contributed by atoms with Gasteiger partial charge in [-0.15, -0.1) is 0 Å². The molecule has 1 aromatic carbocycles. The van der Waals surface area contributed by atoms with Crippen LogP contribution in [-0.2, 0) is 9.59 Å². The van der Waals surface area contributed by atoms with Gasteiger partial charge in [-0.25, -0.2) is 9.59 Å². The first-order valence-corrected chi connectivity index (χ1v) is 6.34. The van der Waals surface area contributed by atoms with E-state index in [0.717, 1.165) is 4.57 Å². The summed E-state index contributed by atoms with van der Waals surface area (Å²) in [5.41, 5.74) is 0.303. The van der Waals surface area contributed by atoms with Gasteiger partial charge in [0.05, 0.1) is 5.52 Å². The lowest BCUT2D eigenvalue weighted by Crippen LogP contribution is -2.49. The highest BCUT2D eigenvalue weighted by molar-refractivity contribution is 6.11. The van der Waals surface area contributed by atoms with Crippen molar-refractivity contribution in [1.82, 2.24) is 9.47 Å². The van der Waals surface area contributed by atoms with E-state index in [1.54, 1.807) is 0 Å². The fraction of sp³-hybridized carbons (Fsp3) is 0.231. The predicted molar refractivity (Wildman–Crippen MR) is 70.3 cm³/mol. The molecule has 1 fully saturated rings. The van der Waals surface area contributed by atoms with Gasteiger partial charge in [0.1, 0.15) is 11.8 Å². The average Bonchev–Trinajstić information content (AvgIpc) is 2.74. The van der Waals surface area contributed by atoms with Crippen LogP contribution in [0.25, 0.3) is 11.1 Å². The van der Waals surface area contributed by atoms with Crippen molar-refractivity contribution < 1.29 is 29.0 Å². The molecule has 0 radical (unpaired) electrons. The van der Waals surface area contributed by atoms with Crippen molar-refractivity contribution in [3.05, 3.63) is 28.7 Å². The van der Waals surface area contributed by atoms with E-state index in [1.807, 2.05) is 0 Å². The van der Waals surface area contributed by atoms with Crippen molar-refractivity contribution in [2.75, 3.05) is 0 Å². The number of carboxylic acid groups (broad SMARTS) is 1. The molecule has 2 N–H and O–H groups in total. The molecule has 22 heavy (non-hydrogen) atoms. The van der Waals surface area contributed by atoms with E-state index < -0.39 is 29.7 Å². The van der Waals surface area contributed by atoms with E-state index in [4.69, 9.17) is 9.52 Å². The summed E-state index contributed by atoms with van der Waals surface area (Å²) in [7, 11) is 0. The van der Waals surface area contributed by atoms with Gasteiger partial charge in [-0.2, -0.15) is 4.90 Å². The Labute approximate surface area is 122 Å². The number of piperidine rings is 1. The van der Waals surface area contributed by atoms with Gasteiger partial charge in [-0.3, -0.25) is 14.2 Å². The maximum Gasteiger partial charge on any atom is 0.421 e. The Hall–Kier alpha value is -3.10. The normalized spacial score (nSPS) is 18.9. The molecule has 1 unspecified atom stereocenters. The first-order valence-electron chi connectivity index (χ1n) is 6.34. The number of benzene rings is 1. The fourth-order valence-corrected chi connectivity index (χ4v) is 2.53. The summed E-state index contributed by atoms with van der Waals surface area (Å²) in [5, 5.41) is 18.3. The van der Waals surface area contributed by atoms with E-state index >= 15 is 0 Å². The van der Waals surface area contributed by atoms with Crippen molar-refractivity contribution in [1.29, 1.82) is 0 Å². The van der Waals surface area contributed by atoms with Crippen LogP contribution in [0.1, 0.15) is 18.9 Å². The number of hydrogen-bond donors (Lipinski definition) is 2. The standard InChI is InChI=1S/C13H10N2O7/c16-6-1-2-7-9(5-6)22-13(21)14(7)8-3-4-10(17)15(11(8)18)12(19)20/h1-2,5,8,16H,3-4H2,(H,19,20). The Morgan fingerprint density at radius 1 is 1.27 bits per heavy atom. The molecule has 1 atom stereocenters. The van der Waals surface area contributed by atoms with Crippen LogP contribution in [0.4, 0.5) is 4.79 Å². The van der Waals surface area contributed by atoms with E-state index in [0.29, 0.717) is 0 Å². The second-order valence-electron chi connectivity index (χ2n) is 4.79. The zero-order valence-corrected chi connectivity index (χ0v) is 11.1. The molecule has 0 spiro atoms. The highest BCUT2D eigenvalue weighted by Crippen LogP contribution is 2.28. The third-order valence-electron chi connectivity index (χ3n) is 3.49. The molecule has 0 aliphatic carbocycles. The summed E-state index contributed by atoms with van der Waals surface area (Å²) >= 11 is 0. The van der Waals surface area contributed by atoms with Gasteiger partial charge in [0, 0.05) is 12.5 Å². The Bertz CT molecular complexity index is 863. The summed E-state index contributed by atoms with van der Waals surface area (Å²) in [6, 6.07) is 2.75. The largest absolute Gasteiger partial charge is 0.508 e. The minimum atomic E-state index is -1.68. The van der Waals surface area contributed by atoms with Gasteiger partial charge in [-0.05, 0) is 18.6 Å². The van der Waals surface area contributed by atoms with Gasteiger partial charge < -0.3 is 14.6 Å². The van der Waals surface area contributed by atoms with Gasteiger partial charge in [0.2, 0.25) is 5.91 Å². The van der Waals surface area contributed by atoms with E-state index in [9.17, 15) is 24.3 Å². The van der Waals surface area contributed by atoms with E-state index in [2.05, 4.69) is 0 Å². The summed E-state index contributed by atoms with van der Waals surface area (Å²) < 4.78 is 5.95. The number of carbonyl (C=O) groups excluding carboxylic acids is 2. The van der Waals surface area contributed by atoms with Crippen LogP contribution in [0.3, 0.4) is 0 Å². The molecular formula is C13H10N2O7. The first kappa shape index (κ1) is 13.9. The zero-order chi connectivity index (χ0) is 16.0. The molecule has 9 nitrogen and oxygen atoms in total. The lowest BCUT2D eigenvalue weighted by Gasteiger charge is -2.27. The van der Waals surface area contributed by atoms with Crippen LogP contribution in [0.2, 0.25) is 0 Å². The number of oxazole rings is 1. The third kappa shape index (κ3) is 1.94. The molecule has 3 amide bonds. The van der Waals surface area contributed by atoms with Crippen LogP contribution in [0.5, 0.6) is 5.75 Å². The number of nitrogens with zero attached hydrogens (tertiary/aromatic N) is 2. The monoisotopic (exact) mass is 306 g/mol. The van der Waals surface area contributed by atoms with Crippen LogP contribution in [0.15, 0.2) is 27.4 Å². The molecule has 9 heteroatoms. The van der Waals surface area contributed by atoms with Crippen LogP contribution in [0, 0.1) is 0 Å². The van der Waals surface area contributed by atoms with Crippen LogP contribution in [-0.4, -0.2) is 37.6 Å². The average molecular weight is 306 g/mol. The molecule has 114 valence electrons. The number of carbonyl (C=O) groups is 3. The Balaban J connectivity index is 2.13. The summed E-state index contributed by atoms with van der Waals surface area (Å²) in [4.78, 5) is 46.8. The number of phenols is 1. The summed E-state index contributed by atoms with van der Waals surface area (Å²) in [5.74, 6) is -2.81. The van der Waals surface area contributed by atoms with Crippen LogP contribution >= 0.6 is 0 Å². The number of hydrogen-bond acceptors (Lipinski definition) is 6. The van der Waals surface area contributed by atoms with E-state index in [-0.39, 0.29) is 34.6 Å². The number of aromatic hydroxyl groups is 1. The summed E-state index contributed by atoms with van der Waals surface area (Å²) in [6.45, 7) is 0. The van der Waals surface area contributed by atoms with Gasteiger partial charge in [0.15, 0.2) is 5.58 Å². The molecule has 1 saturated heterocycles. The molecule has 0 saturated carbocycles. The van der Waals surface area contributed by atoms with Crippen LogP contribution < -0.4 is 5.76 Å². The molecule has 2 aromatic rings. The molecule has 0 bridgehead atoms. The molecule has 3 rings (SSSR count). The second kappa shape index (κ2) is 4.72. The Morgan fingerprint density at radius 2 is 2.00 bits per heavy atom. The first-order chi connectivity index (χ1) is 10.4. The maximum absolute atomic E-state index is 12.2. The number of fused-ring (bicyclic) bond motifs is 1. The lowest BCUT2D eigenvalue weighted by atomic mass is 10.0. The smallest absolute Gasteiger partial charge is 0.421 e. The van der Waals surface area contributed by atoms with Crippen molar-refractivity contribution >= 4 is 29.0 Å². The predicted octanol–water partition coefficient (Wildman–Crippen LogP) is 0.668. The molecular weight excluding hydrogens is 296 g/mol. The lowest BCUT2D eigenvalue weighted by molar-refractivity contribution is -0.147. The molecule has 1 aromatic heterocycles. The van der Waals surface area contributed by atoms with E-state index in [1.165, 1.54) is 18.2 Å². The number of amides is 3. The van der Waals surface area contributed by atoms with Gasteiger partial charge in [0.25, 0.3) is 5.91 Å². The topological polar surface area (TPSA) is 130 Å². The highest BCUT2D eigenvalue weighted by atomic mass is 16.4. The SMILES string of the molecule is O=C(O)N1C(=O)CCC(n2c(=O)oc3cc(O)ccc32)C1=O. The number of rotatable bonds is 1. The quantitative estimate of drug-likeness (QED) is 0.740. The van der Waals surface area contributed by atoms with Gasteiger partial charge in [-0.1, -0.05) is 0 Å². The fourth-order valence-electron chi connectivity index (χ4n) is 2.53. The molecule has 1 aliphatic heterocycles. The molecule has 1 aliphatic rings. The zero-order valence-electron chi connectivity index (χ0n) is 11.1. The number of likely N-dealkylation sites (tertiary alicyclic amines) is 1. The summed E-state index contributed by atoms with van der Waals surface area (Å²) in [6.07, 6.45) is -1.87. The maximum atomic E-state index is 12.2. The van der Waals surface area contributed by atoms with Gasteiger partial charge >= 0.3 is 11.8 Å². The number of phenolic OH excluding ortho intramolecular Hbond substituents is 1. The van der Waals surface area contributed by atoms with Crippen molar-refractivity contribution in [3.63, 3.8) is 0 Å². The van der Waals surface area contributed by atoms with Crippen molar-refractivity contribution in [2.45, 2.75) is 18.9 Å². The third-order valence-corrected chi connectivity index (χ3v) is 3.49. The second-order valence-corrected chi connectivity index (χ2v) is 4.79. The van der Waals surface area contributed by atoms with Crippen molar-refractivity contribution in [3.8, 4) is 5.75 Å². The highest BCUT2D eigenvalue weighted by Gasteiger charge is 2.41. The minimum Gasteiger partial charge on any atom is -0.508 e. The number of aromatic nitrogens is 1. The Kier molecular flexibility index (Phi) is 2.98. The number of imide groups is 3. The van der Waals surface area contributed by atoms with Crippen molar-refractivity contribution in [2.24, 2.45) is 0 Å². The Morgan fingerprint density at radius 3 is 2.68 bits per heavy atom. The minimum absolute atomic E-state index is 0.00311. The molecule has 2 heterocycles.